The quantitative estimate of drug-likeness (QED) is 0.688. The molecular weight excluding hydrogens is 368 g/mol. The van der Waals surface area contributed by atoms with Crippen molar-refractivity contribution in [3.05, 3.63) is 53.9 Å². The molecule has 1 aromatic heterocycles. The van der Waals surface area contributed by atoms with E-state index < -0.39 is 6.04 Å². The summed E-state index contributed by atoms with van der Waals surface area (Å²) in [5, 5.41) is 23.9. The Bertz CT molecular complexity index is 929. The van der Waals surface area contributed by atoms with Crippen molar-refractivity contribution in [3.8, 4) is 11.8 Å². The lowest BCUT2D eigenvalue weighted by atomic mass is 9.81. The van der Waals surface area contributed by atoms with E-state index in [1.54, 1.807) is 11.8 Å². The number of carbonyl (C=O) groups is 1. The Labute approximate surface area is 169 Å². The number of carbonyl (C=O) groups excluding carboxylic acids is 1. The molecule has 0 saturated carbocycles. The molecule has 2 bridgehead atoms. The fourth-order valence-electron chi connectivity index (χ4n) is 3.93. The molecule has 8 heteroatoms. The van der Waals surface area contributed by atoms with Gasteiger partial charge in [0.25, 0.3) is 0 Å². The number of fused-ring (bicyclic) bond motifs is 2. The van der Waals surface area contributed by atoms with Crippen LogP contribution in [0.4, 0.5) is 0 Å². The molecule has 2 N–H and O–H groups in total. The van der Waals surface area contributed by atoms with Crippen LogP contribution < -0.4 is 10.6 Å². The zero-order chi connectivity index (χ0) is 20.2. The van der Waals surface area contributed by atoms with Crippen molar-refractivity contribution < 1.29 is 9.53 Å². The molecule has 1 saturated heterocycles. The molecule has 1 fully saturated rings. The van der Waals surface area contributed by atoms with Gasteiger partial charge in [0, 0.05) is 25.5 Å². The average molecular weight is 392 g/mol. The van der Waals surface area contributed by atoms with Gasteiger partial charge in [-0.3, -0.25) is 10.1 Å². The molecule has 0 spiro atoms. The number of hydrogen-bond donors (Lipinski definition) is 2. The van der Waals surface area contributed by atoms with Gasteiger partial charge in [-0.15, -0.1) is 5.10 Å². The maximum Gasteiger partial charge on any atom is 0.238 e. The van der Waals surface area contributed by atoms with Gasteiger partial charge < -0.3 is 10.1 Å². The van der Waals surface area contributed by atoms with Gasteiger partial charge in [-0.25, -0.2) is 4.68 Å². The maximum absolute atomic E-state index is 12.7. The molecule has 1 aromatic carbocycles. The number of methoxy groups -OCH3 is 1. The van der Waals surface area contributed by atoms with E-state index in [1.807, 2.05) is 30.5 Å². The van der Waals surface area contributed by atoms with Crippen LogP contribution in [0.1, 0.15) is 24.1 Å². The minimum atomic E-state index is -0.570. The van der Waals surface area contributed by atoms with E-state index >= 15 is 0 Å². The van der Waals surface area contributed by atoms with Crippen molar-refractivity contribution >= 4 is 5.91 Å². The number of nitrogens with one attached hydrogen (secondary N) is 2. The molecule has 4 unspecified atom stereocenters. The topological polar surface area (TPSA) is 105 Å². The van der Waals surface area contributed by atoms with Gasteiger partial charge in [0.1, 0.15) is 11.7 Å². The third-order valence-electron chi connectivity index (χ3n) is 5.45. The molecule has 1 aliphatic carbocycles. The third-order valence-corrected chi connectivity index (χ3v) is 5.45. The monoisotopic (exact) mass is 392 g/mol. The van der Waals surface area contributed by atoms with Crippen molar-refractivity contribution in [1.82, 2.24) is 25.6 Å². The minimum Gasteiger partial charge on any atom is -0.378 e. The number of nitriles is 1. The van der Waals surface area contributed by atoms with E-state index in [2.05, 4.69) is 39.2 Å². The number of hydrogen-bond acceptors (Lipinski definition) is 6. The highest BCUT2D eigenvalue weighted by atomic mass is 16.5. The highest BCUT2D eigenvalue weighted by Gasteiger charge is 2.36. The summed E-state index contributed by atoms with van der Waals surface area (Å²) < 4.78 is 6.73. The van der Waals surface area contributed by atoms with Gasteiger partial charge in [-0.2, -0.15) is 5.26 Å². The summed E-state index contributed by atoms with van der Waals surface area (Å²) in [4.78, 5) is 12.7. The SMILES string of the molecule is COCc1cn(-c2ccc(CC(C#N)NC(=O)C3NC4C=CC3CC4)cc2)nn1. The van der Waals surface area contributed by atoms with Gasteiger partial charge >= 0.3 is 0 Å². The van der Waals surface area contributed by atoms with Gasteiger partial charge in [0.05, 0.1) is 30.6 Å². The van der Waals surface area contributed by atoms with Crippen molar-refractivity contribution in [2.75, 3.05) is 7.11 Å². The summed E-state index contributed by atoms with van der Waals surface area (Å²) in [6.45, 7) is 0.412. The molecule has 3 heterocycles. The van der Waals surface area contributed by atoms with Gasteiger partial charge in [0.15, 0.2) is 0 Å². The number of rotatable bonds is 7. The van der Waals surface area contributed by atoms with Crippen LogP contribution in [0.25, 0.3) is 5.69 Å². The predicted molar refractivity (Wildman–Crippen MR) is 106 cm³/mol. The maximum atomic E-state index is 12.7. The van der Waals surface area contributed by atoms with Crippen molar-refractivity contribution in [2.45, 2.75) is 44.0 Å². The lowest BCUT2D eigenvalue weighted by Crippen LogP contribution is -2.58. The molecule has 0 radical (unpaired) electrons. The number of benzene rings is 1. The van der Waals surface area contributed by atoms with Crippen LogP contribution in [0.15, 0.2) is 42.6 Å². The van der Waals surface area contributed by atoms with E-state index in [-0.39, 0.29) is 23.9 Å². The molecule has 8 nitrogen and oxygen atoms in total. The summed E-state index contributed by atoms with van der Waals surface area (Å²) in [5.41, 5.74) is 2.59. The van der Waals surface area contributed by atoms with E-state index in [1.165, 1.54) is 0 Å². The van der Waals surface area contributed by atoms with Crippen LogP contribution in [-0.2, 0) is 22.6 Å². The first-order valence-corrected chi connectivity index (χ1v) is 9.80. The van der Waals surface area contributed by atoms with Gasteiger partial charge in [-0.05, 0) is 30.5 Å². The normalized spacial score (nSPS) is 23.5. The summed E-state index contributed by atoms with van der Waals surface area (Å²) in [6.07, 6.45) is 8.60. The van der Waals surface area contributed by atoms with Crippen LogP contribution in [0.5, 0.6) is 0 Å². The smallest absolute Gasteiger partial charge is 0.238 e. The van der Waals surface area contributed by atoms with Gasteiger partial charge in [0.2, 0.25) is 5.91 Å². The summed E-state index contributed by atoms with van der Waals surface area (Å²) in [7, 11) is 1.61. The first-order chi connectivity index (χ1) is 14.2. The largest absolute Gasteiger partial charge is 0.378 e. The first kappa shape index (κ1) is 19.3. The fourth-order valence-corrected chi connectivity index (χ4v) is 3.93. The Morgan fingerprint density at radius 2 is 2.21 bits per heavy atom. The number of piperidine rings is 1. The lowest BCUT2D eigenvalue weighted by molar-refractivity contribution is -0.125. The number of aromatic nitrogens is 3. The van der Waals surface area contributed by atoms with E-state index in [4.69, 9.17) is 4.74 Å². The number of nitrogens with zero attached hydrogens (tertiary/aromatic N) is 4. The molecule has 150 valence electrons. The third kappa shape index (κ3) is 4.36. The van der Waals surface area contributed by atoms with E-state index in [9.17, 15) is 10.1 Å². The predicted octanol–water partition coefficient (Wildman–Crippen LogP) is 1.27. The van der Waals surface area contributed by atoms with Crippen LogP contribution in [0, 0.1) is 17.2 Å². The Kier molecular flexibility index (Phi) is 5.69. The first-order valence-electron chi connectivity index (χ1n) is 9.80. The number of ether oxygens (including phenoxy) is 1. The minimum absolute atomic E-state index is 0.0968. The molecule has 3 aliphatic rings. The second-order valence-corrected chi connectivity index (χ2v) is 7.53. The van der Waals surface area contributed by atoms with Crippen LogP contribution in [0.3, 0.4) is 0 Å². The molecule has 2 aliphatic heterocycles. The molecule has 2 aromatic rings. The summed E-state index contributed by atoms with van der Waals surface area (Å²) in [6, 6.07) is 9.38. The Morgan fingerprint density at radius 1 is 1.38 bits per heavy atom. The second kappa shape index (κ2) is 8.55. The lowest BCUT2D eigenvalue weighted by Gasteiger charge is -2.38. The van der Waals surface area contributed by atoms with Crippen LogP contribution >= 0.6 is 0 Å². The second-order valence-electron chi connectivity index (χ2n) is 7.53. The van der Waals surface area contributed by atoms with E-state index in [0.29, 0.717) is 13.0 Å². The van der Waals surface area contributed by atoms with Crippen molar-refractivity contribution in [1.29, 1.82) is 5.26 Å². The summed E-state index contributed by atoms with van der Waals surface area (Å²) in [5.74, 6) is 0.116. The molecule has 4 atom stereocenters. The molecular formula is C21H24N6O2. The summed E-state index contributed by atoms with van der Waals surface area (Å²) >= 11 is 0. The van der Waals surface area contributed by atoms with Crippen LogP contribution in [0.2, 0.25) is 0 Å². The fraction of sp³-hybridized carbons (Fsp3) is 0.429. The van der Waals surface area contributed by atoms with E-state index in [0.717, 1.165) is 29.8 Å². The Hall–Kier alpha value is -3.02. The van der Waals surface area contributed by atoms with Crippen LogP contribution in [-0.4, -0.2) is 46.1 Å². The Balaban J connectivity index is 1.36. The van der Waals surface area contributed by atoms with Crippen molar-refractivity contribution in [3.63, 3.8) is 0 Å². The Morgan fingerprint density at radius 3 is 2.83 bits per heavy atom. The van der Waals surface area contributed by atoms with Crippen molar-refractivity contribution in [2.24, 2.45) is 5.92 Å². The highest BCUT2D eigenvalue weighted by Crippen LogP contribution is 2.27. The standard InChI is InChI=1S/C21H24N6O2/c1-29-13-18-12-27(26-25-18)19-8-2-14(3-9-19)10-17(11-22)24-21(28)20-15-4-6-16(23-20)7-5-15/h2-4,6,8-9,12,15-17,20,23H,5,7,10,13H2,1H3,(H,24,28). The van der Waals surface area contributed by atoms with Gasteiger partial charge in [-0.1, -0.05) is 29.5 Å². The highest BCUT2D eigenvalue weighted by molar-refractivity contribution is 5.83. The number of amides is 1. The zero-order valence-electron chi connectivity index (χ0n) is 16.3. The molecule has 1 amide bonds. The molecule has 29 heavy (non-hydrogen) atoms. The average Bonchev–Trinajstić information content (AvgIpc) is 3.23. The molecule has 5 rings (SSSR count). The zero-order valence-corrected chi connectivity index (χ0v) is 16.3.